The third-order valence-electron chi connectivity index (χ3n) is 3.68. The molecule has 0 rings (SSSR count). The number of carbonyl (C=O) groups is 1. The third-order valence-corrected chi connectivity index (χ3v) is 6.58. The van der Waals surface area contributed by atoms with Crippen molar-refractivity contribution in [2.45, 2.75) is 71.8 Å². The Morgan fingerprint density at radius 1 is 0.846 bits per heavy atom. The topological polar surface area (TPSA) is 63.2 Å². The Morgan fingerprint density at radius 3 is 1.77 bits per heavy atom. The predicted molar refractivity (Wildman–Crippen MR) is 105 cm³/mol. The van der Waals surface area contributed by atoms with Crippen molar-refractivity contribution >= 4 is 14.8 Å². The monoisotopic (exact) mass is 390 g/mol. The molecule has 0 radical (unpaired) electrons. The first-order valence-electron chi connectivity index (χ1n) is 9.92. The number of ether oxygens (including phenoxy) is 2. The summed E-state index contributed by atoms with van der Waals surface area (Å²) < 4.78 is 28.6. The van der Waals surface area contributed by atoms with Crippen molar-refractivity contribution in [3.63, 3.8) is 0 Å². The van der Waals surface area contributed by atoms with E-state index in [9.17, 15) is 4.79 Å². The summed E-state index contributed by atoms with van der Waals surface area (Å²) in [7, 11) is -2.70. The molecule has 0 N–H and O–H groups in total. The average Bonchev–Trinajstić information content (AvgIpc) is 2.65. The standard InChI is InChI=1S/C19H38O6Si/c1-5-9-14-23-26(24-15-10-6-2,25-16-11-7-3)17-12-13-21-18-22-19(20)8-4/h8H,4-7,9-18H2,1-3H3. The molecular formula is C19H38O6Si. The first-order valence-corrected chi connectivity index (χ1v) is 11.9. The Hall–Kier alpha value is -0.733. The maximum atomic E-state index is 11.0. The van der Waals surface area contributed by atoms with Crippen molar-refractivity contribution < 1.29 is 27.5 Å². The second-order valence-electron chi connectivity index (χ2n) is 6.09. The molecule has 0 aromatic heterocycles. The normalized spacial score (nSPS) is 11.5. The van der Waals surface area contributed by atoms with Crippen LogP contribution in [0.4, 0.5) is 0 Å². The van der Waals surface area contributed by atoms with E-state index in [2.05, 4.69) is 27.4 Å². The van der Waals surface area contributed by atoms with E-state index in [1.807, 2.05) is 0 Å². The van der Waals surface area contributed by atoms with Gasteiger partial charge >= 0.3 is 14.8 Å². The molecule has 0 aromatic carbocycles. The highest BCUT2D eigenvalue weighted by atomic mass is 28.4. The van der Waals surface area contributed by atoms with Crippen molar-refractivity contribution in [2.75, 3.05) is 33.2 Å². The van der Waals surface area contributed by atoms with E-state index < -0.39 is 14.8 Å². The van der Waals surface area contributed by atoms with Gasteiger partial charge in [0.05, 0.1) is 6.61 Å². The van der Waals surface area contributed by atoms with E-state index >= 15 is 0 Å². The maximum absolute atomic E-state index is 11.0. The van der Waals surface area contributed by atoms with E-state index in [4.69, 9.17) is 22.8 Å². The van der Waals surface area contributed by atoms with Gasteiger partial charge in [-0.1, -0.05) is 46.6 Å². The molecule has 6 nitrogen and oxygen atoms in total. The lowest BCUT2D eigenvalue weighted by Crippen LogP contribution is -2.46. The Morgan fingerprint density at radius 2 is 1.35 bits per heavy atom. The summed E-state index contributed by atoms with van der Waals surface area (Å²) in [5.41, 5.74) is 0. The molecule has 0 amide bonds. The van der Waals surface area contributed by atoms with Crippen LogP contribution >= 0.6 is 0 Å². The summed E-state index contributed by atoms with van der Waals surface area (Å²) in [6.45, 7) is 12.2. The zero-order valence-electron chi connectivity index (χ0n) is 16.9. The highest BCUT2D eigenvalue weighted by Gasteiger charge is 2.40. The quantitative estimate of drug-likeness (QED) is 0.107. The SMILES string of the molecule is C=CC(=O)OCOCCC[Si](OCCCC)(OCCCC)OCCCC. The van der Waals surface area contributed by atoms with Gasteiger partial charge in [-0.05, 0) is 25.7 Å². The number of rotatable bonds is 19. The molecule has 0 saturated carbocycles. The van der Waals surface area contributed by atoms with Crippen LogP contribution in [0.3, 0.4) is 0 Å². The molecule has 0 aromatic rings. The van der Waals surface area contributed by atoms with Crippen LogP contribution in [0.5, 0.6) is 0 Å². The van der Waals surface area contributed by atoms with E-state index in [0.717, 1.165) is 51.0 Å². The van der Waals surface area contributed by atoms with Crippen LogP contribution in [0.15, 0.2) is 12.7 Å². The molecule has 0 aliphatic rings. The molecule has 0 spiro atoms. The van der Waals surface area contributed by atoms with Crippen molar-refractivity contribution in [3.8, 4) is 0 Å². The Balaban J connectivity index is 4.50. The molecule has 0 heterocycles. The lowest BCUT2D eigenvalue weighted by Gasteiger charge is -2.30. The fourth-order valence-electron chi connectivity index (χ4n) is 2.07. The first-order chi connectivity index (χ1) is 12.6. The summed E-state index contributed by atoms with van der Waals surface area (Å²) >= 11 is 0. The lowest BCUT2D eigenvalue weighted by molar-refractivity contribution is -0.150. The molecule has 26 heavy (non-hydrogen) atoms. The van der Waals surface area contributed by atoms with Crippen LogP contribution in [-0.2, 0) is 27.5 Å². The second-order valence-corrected chi connectivity index (χ2v) is 8.82. The summed E-state index contributed by atoms with van der Waals surface area (Å²) in [5, 5.41) is 0. The fourth-order valence-corrected chi connectivity index (χ4v) is 4.69. The minimum Gasteiger partial charge on any atom is -0.435 e. The van der Waals surface area contributed by atoms with Crippen LogP contribution in [-0.4, -0.2) is 48.0 Å². The van der Waals surface area contributed by atoms with Gasteiger partial charge in [-0.2, -0.15) is 0 Å². The Labute approximate surface area is 160 Å². The zero-order valence-corrected chi connectivity index (χ0v) is 17.9. The van der Waals surface area contributed by atoms with Gasteiger partial charge in [-0.25, -0.2) is 4.79 Å². The van der Waals surface area contributed by atoms with Gasteiger partial charge in [-0.3, -0.25) is 0 Å². The molecule has 0 aliphatic carbocycles. The summed E-state index contributed by atoms with van der Waals surface area (Å²) in [5.74, 6) is -0.484. The van der Waals surface area contributed by atoms with Crippen molar-refractivity contribution in [1.29, 1.82) is 0 Å². The van der Waals surface area contributed by atoms with Crippen molar-refractivity contribution in [3.05, 3.63) is 12.7 Å². The molecule has 0 saturated heterocycles. The summed E-state index contributed by atoms with van der Waals surface area (Å²) in [4.78, 5) is 11.0. The van der Waals surface area contributed by atoms with Gasteiger partial charge in [0.1, 0.15) is 0 Å². The van der Waals surface area contributed by atoms with Gasteiger partial charge in [0.15, 0.2) is 6.79 Å². The molecule has 0 aliphatic heterocycles. The number of hydrogen-bond donors (Lipinski definition) is 0. The highest BCUT2D eigenvalue weighted by molar-refractivity contribution is 6.60. The van der Waals surface area contributed by atoms with E-state index in [1.165, 1.54) is 0 Å². The predicted octanol–water partition coefficient (Wildman–Crippen LogP) is 4.47. The molecule has 154 valence electrons. The molecule has 0 fully saturated rings. The summed E-state index contributed by atoms with van der Waals surface area (Å²) in [6.07, 6.45) is 8.07. The highest BCUT2D eigenvalue weighted by Crippen LogP contribution is 2.20. The number of esters is 1. The number of hydrogen-bond acceptors (Lipinski definition) is 6. The van der Waals surface area contributed by atoms with Gasteiger partial charge in [0.2, 0.25) is 0 Å². The van der Waals surface area contributed by atoms with Crippen LogP contribution < -0.4 is 0 Å². The minimum atomic E-state index is -2.70. The van der Waals surface area contributed by atoms with Gasteiger partial charge < -0.3 is 22.8 Å². The van der Waals surface area contributed by atoms with E-state index in [-0.39, 0.29) is 6.79 Å². The Kier molecular flexibility index (Phi) is 17.2. The number of unbranched alkanes of at least 4 members (excludes halogenated alkanes) is 3. The molecule has 0 bridgehead atoms. The fraction of sp³-hybridized carbons (Fsp3) is 0.842. The molecule has 7 heteroatoms. The maximum Gasteiger partial charge on any atom is 0.501 e. The average molecular weight is 391 g/mol. The van der Waals surface area contributed by atoms with Crippen LogP contribution in [0.2, 0.25) is 6.04 Å². The van der Waals surface area contributed by atoms with Crippen LogP contribution in [0, 0.1) is 0 Å². The zero-order chi connectivity index (χ0) is 19.5. The minimum absolute atomic E-state index is 0.0660. The van der Waals surface area contributed by atoms with Crippen molar-refractivity contribution in [2.24, 2.45) is 0 Å². The summed E-state index contributed by atoms with van der Waals surface area (Å²) in [6, 6.07) is 0.708. The van der Waals surface area contributed by atoms with E-state index in [1.54, 1.807) is 0 Å². The van der Waals surface area contributed by atoms with Gasteiger partial charge in [0.25, 0.3) is 0 Å². The lowest BCUT2D eigenvalue weighted by atomic mass is 10.4. The first kappa shape index (κ1) is 25.3. The number of carbonyl (C=O) groups excluding carboxylic acids is 1. The second kappa shape index (κ2) is 17.7. The van der Waals surface area contributed by atoms with Gasteiger partial charge in [0, 0.05) is 31.9 Å². The van der Waals surface area contributed by atoms with Crippen molar-refractivity contribution in [1.82, 2.24) is 0 Å². The van der Waals surface area contributed by atoms with Gasteiger partial charge in [-0.15, -0.1) is 0 Å². The van der Waals surface area contributed by atoms with E-state index in [0.29, 0.717) is 32.5 Å². The largest absolute Gasteiger partial charge is 0.501 e. The molecule has 0 atom stereocenters. The van der Waals surface area contributed by atoms with Crippen LogP contribution in [0.1, 0.15) is 65.7 Å². The smallest absolute Gasteiger partial charge is 0.435 e. The third kappa shape index (κ3) is 13.5. The molecular weight excluding hydrogens is 352 g/mol. The molecule has 0 unspecified atom stereocenters. The Bertz CT molecular complexity index is 324. The van der Waals surface area contributed by atoms with Crippen LogP contribution in [0.25, 0.3) is 0 Å².